The van der Waals surface area contributed by atoms with Gasteiger partial charge in [-0.25, -0.2) is 9.37 Å². The second-order valence-corrected chi connectivity index (χ2v) is 9.00. The van der Waals surface area contributed by atoms with Gasteiger partial charge in [0, 0.05) is 35.1 Å². The third-order valence-corrected chi connectivity index (χ3v) is 6.51. The van der Waals surface area contributed by atoms with Crippen molar-refractivity contribution in [2.75, 3.05) is 19.1 Å². The molecule has 1 aliphatic carbocycles. The maximum Gasteiger partial charge on any atom is 0.247 e. The van der Waals surface area contributed by atoms with E-state index in [1.165, 1.54) is 36.3 Å². The summed E-state index contributed by atoms with van der Waals surface area (Å²) in [5.41, 5.74) is 6.25. The Morgan fingerprint density at radius 1 is 0.947 bits per heavy atom. The summed E-state index contributed by atoms with van der Waals surface area (Å²) in [6.07, 6.45) is 2.29. The summed E-state index contributed by atoms with van der Waals surface area (Å²) < 4.78 is 30.7. The second kappa shape index (κ2) is 9.62. The van der Waals surface area contributed by atoms with E-state index >= 15 is 0 Å². The highest BCUT2D eigenvalue weighted by atomic mass is 19.1. The van der Waals surface area contributed by atoms with Crippen molar-refractivity contribution in [2.45, 2.75) is 19.8 Å². The molecule has 9 nitrogen and oxygen atoms in total. The van der Waals surface area contributed by atoms with Gasteiger partial charge in [-0.15, -0.1) is 0 Å². The monoisotopic (exact) mass is 516 g/mol. The van der Waals surface area contributed by atoms with Gasteiger partial charge in [-0.2, -0.15) is 0 Å². The predicted octanol–water partition coefficient (Wildman–Crippen LogP) is 4.82. The lowest BCUT2D eigenvalue weighted by molar-refractivity contribution is -0.133. The van der Waals surface area contributed by atoms with Gasteiger partial charge in [0.25, 0.3) is 0 Å². The van der Waals surface area contributed by atoms with Crippen LogP contribution in [0.4, 0.5) is 15.8 Å². The predicted molar refractivity (Wildman–Crippen MR) is 138 cm³/mol. The highest BCUT2D eigenvalue weighted by molar-refractivity contribution is 6.16. The number of rotatable bonds is 8. The molecule has 10 heteroatoms. The van der Waals surface area contributed by atoms with Gasteiger partial charge in [0.15, 0.2) is 11.5 Å². The highest BCUT2D eigenvalue weighted by Gasteiger charge is 2.57. The summed E-state index contributed by atoms with van der Waals surface area (Å²) >= 11 is 0. The fourth-order valence-corrected chi connectivity index (χ4v) is 4.33. The average Bonchev–Trinajstić information content (AvgIpc) is 3.71. The average molecular weight is 517 g/mol. The Bertz CT molecular complexity index is 1550. The number of anilines is 2. The van der Waals surface area contributed by atoms with Crippen LogP contribution in [0.5, 0.6) is 23.1 Å². The largest absolute Gasteiger partial charge is 0.493 e. The molecule has 0 radical (unpaired) electrons. The number of aromatic nitrogens is 2. The molecule has 0 bridgehead atoms. The van der Waals surface area contributed by atoms with E-state index in [0.29, 0.717) is 58.1 Å². The molecule has 38 heavy (non-hydrogen) atoms. The topological polar surface area (TPSA) is 117 Å². The fraction of sp³-hybridized carbons (Fsp3) is 0.214. The molecule has 2 aromatic heterocycles. The van der Waals surface area contributed by atoms with E-state index in [1.54, 1.807) is 50.6 Å². The first-order chi connectivity index (χ1) is 18.3. The number of nitrogens with two attached hydrogens (primary N) is 1. The van der Waals surface area contributed by atoms with Crippen LogP contribution in [-0.2, 0) is 9.59 Å². The number of amides is 2. The van der Waals surface area contributed by atoms with Crippen LogP contribution in [0.25, 0.3) is 10.9 Å². The van der Waals surface area contributed by atoms with Crippen LogP contribution in [0.15, 0.2) is 60.8 Å². The molecule has 2 N–H and O–H groups in total. The van der Waals surface area contributed by atoms with Gasteiger partial charge in [0.05, 0.1) is 25.4 Å². The molecular weight excluding hydrogens is 491 g/mol. The van der Waals surface area contributed by atoms with Crippen molar-refractivity contribution in [1.82, 2.24) is 9.97 Å². The first-order valence-electron chi connectivity index (χ1n) is 11.8. The van der Waals surface area contributed by atoms with Crippen molar-refractivity contribution in [2.24, 2.45) is 11.1 Å². The Kier molecular flexibility index (Phi) is 6.31. The van der Waals surface area contributed by atoms with Crippen LogP contribution in [0, 0.1) is 18.2 Å². The third-order valence-electron chi connectivity index (χ3n) is 6.51. The fourth-order valence-electron chi connectivity index (χ4n) is 4.33. The molecule has 0 unspecified atom stereocenters. The molecule has 4 aromatic rings. The number of carbonyl (C=O) groups excluding carboxylic acids is 2. The van der Waals surface area contributed by atoms with Crippen molar-refractivity contribution in [1.29, 1.82) is 0 Å². The number of fused-ring (bicyclic) bond motifs is 1. The summed E-state index contributed by atoms with van der Waals surface area (Å²) in [5.74, 6) is 0.0525. The maximum atomic E-state index is 13.7. The van der Waals surface area contributed by atoms with Crippen LogP contribution in [0.1, 0.15) is 18.5 Å². The SMILES string of the molecule is COc1cc2nccc(Oc3cc(N(C(=O)C4(C(N)=O)CC4)c4ccc(F)cc4)cc(C)n3)c2cc1OC. The maximum absolute atomic E-state index is 13.7. The minimum Gasteiger partial charge on any atom is -0.493 e. The Morgan fingerprint density at radius 2 is 1.63 bits per heavy atom. The number of halogens is 1. The van der Waals surface area contributed by atoms with Gasteiger partial charge in [-0.05, 0) is 62.2 Å². The lowest BCUT2D eigenvalue weighted by Gasteiger charge is -2.27. The molecule has 194 valence electrons. The lowest BCUT2D eigenvalue weighted by atomic mass is 10.0. The normalized spacial score (nSPS) is 13.6. The zero-order valence-electron chi connectivity index (χ0n) is 21.0. The molecule has 0 spiro atoms. The second-order valence-electron chi connectivity index (χ2n) is 9.00. The number of ether oxygens (including phenoxy) is 3. The van der Waals surface area contributed by atoms with Crippen molar-refractivity contribution in [3.63, 3.8) is 0 Å². The summed E-state index contributed by atoms with van der Waals surface area (Å²) in [4.78, 5) is 36.1. The van der Waals surface area contributed by atoms with Gasteiger partial charge >= 0.3 is 0 Å². The van der Waals surface area contributed by atoms with Gasteiger partial charge < -0.3 is 19.9 Å². The molecule has 1 fully saturated rings. The van der Waals surface area contributed by atoms with Crippen molar-refractivity contribution in [3.8, 4) is 23.1 Å². The molecular formula is C28H25FN4O5. The zero-order chi connectivity index (χ0) is 27.0. The van der Waals surface area contributed by atoms with E-state index in [0.717, 1.165) is 0 Å². The number of benzene rings is 2. The molecule has 0 atom stereocenters. The number of nitrogens with zero attached hydrogens (tertiary/aromatic N) is 3. The number of aryl methyl sites for hydroxylation is 1. The number of carbonyl (C=O) groups is 2. The van der Waals surface area contributed by atoms with Crippen LogP contribution in [0.3, 0.4) is 0 Å². The number of primary amides is 1. The van der Waals surface area contributed by atoms with Crippen LogP contribution < -0.4 is 24.8 Å². The van der Waals surface area contributed by atoms with Gasteiger partial charge in [-0.3, -0.25) is 19.5 Å². The summed E-state index contributed by atoms with van der Waals surface area (Å²) in [7, 11) is 3.08. The molecule has 2 amide bonds. The quantitative estimate of drug-likeness (QED) is 0.334. The number of methoxy groups -OCH3 is 2. The van der Waals surface area contributed by atoms with Crippen LogP contribution in [0.2, 0.25) is 0 Å². The minimum atomic E-state index is -1.30. The zero-order valence-corrected chi connectivity index (χ0v) is 21.0. The molecule has 2 aromatic carbocycles. The van der Waals surface area contributed by atoms with E-state index in [4.69, 9.17) is 19.9 Å². The van der Waals surface area contributed by atoms with Crippen LogP contribution in [-0.4, -0.2) is 36.0 Å². The Balaban J connectivity index is 1.59. The van der Waals surface area contributed by atoms with Crippen LogP contribution >= 0.6 is 0 Å². The molecule has 0 saturated heterocycles. The van der Waals surface area contributed by atoms with E-state index < -0.39 is 23.0 Å². The van der Waals surface area contributed by atoms with Crippen molar-refractivity contribution >= 4 is 34.1 Å². The first kappa shape index (κ1) is 24.9. The van der Waals surface area contributed by atoms with Gasteiger partial charge in [0.2, 0.25) is 17.7 Å². The Morgan fingerprint density at radius 3 is 2.26 bits per heavy atom. The molecule has 1 aliphatic rings. The summed E-state index contributed by atoms with van der Waals surface area (Å²) in [6, 6.07) is 13.9. The Hall–Kier alpha value is -4.73. The van der Waals surface area contributed by atoms with Crippen molar-refractivity contribution < 1.29 is 28.2 Å². The molecule has 2 heterocycles. The van der Waals surface area contributed by atoms with Crippen molar-refractivity contribution in [3.05, 3.63) is 72.3 Å². The van der Waals surface area contributed by atoms with E-state index in [-0.39, 0.29) is 5.88 Å². The number of pyridine rings is 2. The summed E-state index contributed by atoms with van der Waals surface area (Å²) in [6.45, 7) is 1.75. The number of hydrogen-bond acceptors (Lipinski definition) is 7. The van der Waals surface area contributed by atoms with Gasteiger partial charge in [0.1, 0.15) is 17.0 Å². The third kappa shape index (κ3) is 4.45. The van der Waals surface area contributed by atoms with Gasteiger partial charge in [-0.1, -0.05) is 0 Å². The molecule has 1 saturated carbocycles. The molecule has 5 rings (SSSR count). The smallest absolute Gasteiger partial charge is 0.247 e. The standard InChI is InChI=1S/C28H25FN4O5/c1-16-12-19(33(18-6-4-17(29)5-7-18)27(35)28(9-10-28)26(30)34)13-25(32-16)38-22-8-11-31-21-15-24(37-3)23(36-2)14-20(21)22/h4-8,11-15H,9-10H2,1-3H3,(H2,30,34). The lowest BCUT2D eigenvalue weighted by Crippen LogP contribution is -2.41. The van der Waals surface area contributed by atoms with E-state index in [9.17, 15) is 14.0 Å². The highest BCUT2D eigenvalue weighted by Crippen LogP contribution is 2.49. The minimum absolute atomic E-state index is 0.200. The van der Waals surface area contributed by atoms with E-state index in [1.807, 2.05) is 0 Å². The number of hydrogen-bond donors (Lipinski definition) is 1. The van der Waals surface area contributed by atoms with E-state index in [2.05, 4.69) is 9.97 Å². The molecule has 0 aliphatic heterocycles. The first-order valence-corrected chi connectivity index (χ1v) is 11.8. The Labute approximate surface area is 218 Å². The summed E-state index contributed by atoms with van der Waals surface area (Å²) in [5, 5.41) is 0.659.